The number of rotatable bonds is 4. The van der Waals surface area contributed by atoms with E-state index in [0.29, 0.717) is 0 Å². The largest absolute Gasteiger partial charge is 0.369 e. The van der Waals surface area contributed by atoms with Crippen molar-refractivity contribution < 1.29 is 13.2 Å². The summed E-state index contributed by atoms with van der Waals surface area (Å²) in [4.78, 5) is 10.5. The van der Waals surface area contributed by atoms with Crippen LogP contribution in [0.4, 0.5) is 0 Å². The Hall–Kier alpha value is -1.40. The molecule has 1 amide bonds. The topological polar surface area (TPSA) is 89.3 Å². The van der Waals surface area contributed by atoms with Gasteiger partial charge in [-0.25, -0.2) is 13.1 Å². The highest BCUT2D eigenvalue weighted by atomic mass is 32.2. The van der Waals surface area contributed by atoms with Crippen molar-refractivity contribution in [3.05, 3.63) is 29.8 Å². The predicted octanol–water partition coefficient (Wildman–Crippen LogP) is -0.241. The van der Waals surface area contributed by atoms with E-state index in [1.807, 2.05) is 6.92 Å². The van der Waals surface area contributed by atoms with Gasteiger partial charge in [-0.05, 0) is 19.1 Å². The average molecular weight is 228 g/mol. The first kappa shape index (κ1) is 11.7. The van der Waals surface area contributed by atoms with Gasteiger partial charge in [0.2, 0.25) is 15.9 Å². The second-order valence-electron chi connectivity index (χ2n) is 3.10. The molecule has 3 N–H and O–H groups in total. The number of amides is 1. The lowest BCUT2D eigenvalue weighted by Crippen LogP contribution is -2.33. The normalized spacial score (nSPS) is 11.3. The number of sulfonamides is 1. The number of aryl methyl sites for hydroxylation is 1. The van der Waals surface area contributed by atoms with E-state index in [2.05, 4.69) is 4.72 Å². The van der Waals surface area contributed by atoms with Gasteiger partial charge in [-0.1, -0.05) is 17.7 Å². The van der Waals surface area contributed by atoms with Gasteiger partial charge < -0.3 is 5.73 Å². The molecule has 0 aliphatic rings. The first-order valence-electron chi connectivity index (χ1n) is 4.26. The van der Waals surface area contributed by atoms with Crippen molar-refractivity contribution in [1.29, 1.82) is 0 Å². The minimum atomic E-state index is -3.62. The minimum Gasteiger partial charge on any atom is -0.369 e. The van der Waals surface area contributed by atoms with Crippen LogP contribution in [0, 0.1) is 6.92 Å². The molecule has 82 valence electrons. The number of carbonyl (C=O) groups excluding carboxylic acids is 1. The number of hydrogen-bond acceptors (Lipinski definition) is 3. The fourth-order valence-electron chi connectivity index (χ4n) is 0.967. The predicted molar refractivity (Wildman–Crippen MR) is 55.6 cm³/mol. The third kappa shape index (κ3) is 3.34. The van der Waals surface area contributed by atoms with Crippen molar-refractivity contribution in [2.75, 3.05) is 6.54 Å². The summed E-state index contributed by atoms with van der Waals surface area (Å²) < 4.78 is 25.1. The first-order valence-corrected chi connectivity index (χ1v) is 5.75. The highest BCUT2D eigenvalue weighted by molar-refractivity contribution is 7.89. The van der Waals surface area contributed by atoms with Gasteiger partial charge in [-0.2, -0.15) is 0 Å². The SMILES string of the molecule is Cc1ccc(S(=O)(=O)NCC(N)=O)cc1. The van der Waals surface area contributed by atoms with Crippen LogP contribution in [0.2, 0.25) is 0 Å². The molecule has 0 atom stereocenters. The summed E-state index contributed by atoms with van der Waals surface area (Å²) in [6.07, 6.45) is 0. The van der Waals surface area contributed by atoms with Crippen molar-refractivity contribution in [3.63, 3.8) is 0 Å². The molecule has 6 heteroatoms. The Labute approximate surface area is 88.3 Å². The van der Waals surface area contributed by atoms with E-state index in [-0.39, 0.29) is 4.90 Å². The smallest absolute Gasteiger partial charge is 0.241 e. The summed E-state index contributed by atoms with van der Waals surface area (Å²) in [6.45, 7) is 1.46. The fourth-order valence-corrected chi connectivity index (χ4v) is 1.96. The van der Waals surface area contributed by atoms with Crippen molar-refractivity contribution >= 4 is 15.9 Å². The lowest BCUT2D eigenvalue weighted by molar-refractivity contribution is -0.116. The second-order valence-corrected chi connectivity index (χ2v) is 4.87. The van der Waals surface area contributed by atoms with Crippen molar-refractivity contribution in [1.82, 2.24) is 4.72 Å². The van der Waals surface area contributed by atoms with E-state index in [4.69, 9.17) is 5.73 Å². The molecule has 0 unspecified atom stereocenters. The van der Waals surface area contributed by atoms with Crippen LogP contribution in [-0.2, 0) is 14.8 Å². The Morgan fingerprint density at radius 3 is 2.33 bits per heavy atom. The van der Waals surface area contributed by atoms with E-state index in [1.54, 1.807) is 12.1 Å². The molecule has 0 saturated carbocycles. The van der Waals surface area contributed by atoms with Gasteiger partial charge in [0.1, 0.15) is 0 Å². The van der Waals surface area contributed by atoms with Crippen LogP contribution in [0.25, 0.3) is 0 Å². The van der Waals surface area contributed by atoms with Crippen LogP contribution in [-0.4, -0.2) is 20.9 Å². The Kier molecular flexibility index (Phi) is 3.43. The number of nitrogens with one attached hydrogen (secondary N) is 1. The van der Waals surface area contributed by atoms with Gasteiger partial charge in [-0.3, -0.25) is 4.79 Å². The van der Waals surface area contributed by atoms with E-state index < -0.39 is 22.5 Å². The first-order chi connectivity index (χ1) is 6.92. The molecular weight excluding hydrogens is 216 g/mol. The molecule has 0 fully saturated rings. The average Bonchev–Trinajstić information content (AvgIpc) is 2.16. The van der Waals surface area contributed by atoms with Crippen molar-refractivity contribution in [2.45, 2.75) is 11.8 Å². The maximum Gasteiger partial charge on any atom is 0.241 e. The van der Waals surface area contributed by atoms with Crippen LogP contribution in [0.5, 0.6) is 0 Å². The molecule has 0 aliphatic heterocycles. The van der Waals surface area contributed by atoms with Gasteiger partial charge in [0, 0.05) is 0 Å². The molecule has 5 nitrogen and oxygen atoms in total. The summed E-state index contributed by atoms with van der Waals surface area (Å²) in [5, 5.41) is 0. The molecule has 1 aromatic carbocycles. The van der Waals surface area contributed by atoms with E-state index >= 15 is 0 Å². The van der Waals surface area contributed by atoms with Crippen molar-refractivity contribution in [3.8, 4) is 0 Å². The van der Waals surface area contributed by atoms with Crippen LogP contribution in [0.1, 0.15) is 5.56 Å². The number of primary amides is 1. The van der Waals surface area contributed by atoms with Gasteiger partial charge in [-0.15, -0.1) is 0 Å². The summed E-state index contributed by atoms with van der Waals surface area (Å²) in [5.74, 6) is -0.717. The lowest BCUT2D eigenvalue weighted by Gasteiger charge is -2.04. The molecule has 0 spiro atoms. The lowest BCUT2D eigenvalue weighted by atomic mass is 10.2. The summed E-state index contributed by atoms with van der Waals surface area (Å²) >= 11 is 0. The molecule has 15 heavy (non-hydrogen) atoms. The number of hydrogen-bond donors (Lipinski definition) is 2. The Balaban J connectivity index is 2.87. The molecule has 0 aromatic heterocycles. The van der Waals surface area contributed by atoms with Gasteiger partial charge >= 0.3 is 0 Å². The molecule has 1 rings (SSSR count). The standard InChI is InChI=1S/C9H12N2O3S/c1-7-2-4-8(5-3-7)15(13,14)11-6-9(10)12/h2-5,11H,6H2,1H3,(H2,10,12). The minimum absolute atomic E-state index is 0.120. The number of nitrogens with two attached hydrogens (primary N) is 1. The van der Waals surface area contributed by atoms with Crippen LogP contribution < -0.4 is 10.5 Å². The van der Waals surface area contributed by atoms with Gasteiger partial charge in [0.25, 0.3) is 0 Å². The Morgan fingerprint density at radius 2 is 1.87 bits per heavy atom. The summed E-state index contributed by atoms with van der Waals surface area (Å²) in [7, 11) is -3.62. The third-order valence-electron chi connectivity index (χ3n) is 1.77. The van der Waals surface area contributed by atoms with E-state index in [9.17, 15) is 13.2 Å². The van der Waals surface area contributed by atoms with E-state index in [0.717, 1.165) is 5.56 Å². The third-order valence-corrected chi connectivity index (χ3v) is 3.18. The fraction of sp³-hybridized carbons (Fsp3) is 0.222. The molecule has 0 aliphatic carbocycles. The molecular formula is C9H12N2O3S. The van der Waals surface area contributed by atoms with Crippen molar-refractivity contribution in [2.24, 2.45) is 5.73 Å². The highest BCUT2D eigenvalue weighted by Crippen LogP contribution is 2.09. The Morgan fingerprint density at radius 1 is 1.33 bits per heavy atom. The second kappa shape index (κ2) is 4.41. The number of carbonyl (C=O) groups is 1. The van der Waals surface area contributed by atoms with Crippen LogP contribution in [0.3, 0.4) is 0 Å². The van der Waals surface area contributed by atoms with Crippen LogP contribution in [0.15, 0.2) is 29.2 Å². The summed E-state index contributed by atoms with van der Waals surface area (Å²) in [5.41, 5.74) is 5.80. The molecule has 0 heterocycles. The molecule has 0 radical (unpaired) electrons. The summed E-state index contributed by atoms with van der Waals surface area (Å²) in [6, 6.07) is 6.30. The maximum absolute atomic E-state index is 11.5. The molecule has 0 bridgehead atoms. The van der Waals surface area contributed by atoms with Gasteiger partial charge in [0.15, 0.2) is 0 Å². The molecule has 0 saturated heterocycles. The quantitative estimate of drug-likeness (QED) is 0.745. The highest BCUT2D eigenvalue weighted by Gasteiger charge is 2.13. The van der Waals surface area contributed by atoms with E-state index in [1.165, 1.54) is 12.1 Å². The zero-order chi connectivity index (χ0) is 11.5. The van der Waals surface area contributed by atoms with Gasteiger partial charge in [0.05, 0.1) is 11.4 Å². The zero-order valence-corrected chi connectivity index (χ0v) is 9.04. The monoisotopic (exact) mass is 228 g/mol. The zero-order valence-electron chi connectivity index (χ0n) is 8.23. The number of benzene rings is 1. The molecule has 1 aromatic rings. The van der Waals surface area contributed by atoms with Crippen LogP contribution >= 0.6 is 0 Å². The maximum atomic E-state index is 11.5. The Bertz CT molecular complexity index is 451.